The van der Waals surface area contributed by atoms with E-state index >= 15 is 0 Å². The summed E-state index contributed by atoms with van der Waals surface area (Å²) in [7, 11) is 0. The molecule has 0 saturated heterocycles. The van der Waals surface area contributed by atoms with Gasteiger partial charge in [0, 0.05) is 23.1 Å². The van der Waals surface area contributed by atoms with Crippen molar-refractivity contribution in [2.75, 3.05) is 0 Å². The summed E-state index contributed by atoms with van der Waals surface area (Å²) in [4.78, 5) is 24.3. The first-order chi connectivity index (χ1) is 13.8. The van der Waals surface area contributed by atoms with E-state index in [2.05, 4.69) is 24.4 Å². The standard InChI is InChI=1S/C23H22N2O4/c1-13-19-17(11-23(2,3)12-18(19)29-20(13)22(27)28)24-25-21(26)16-10-6-8-14-7-4-5-9-15(14)16/h4-10H,11-12H2,1-3H3,(H,25,26)(H,27,28)/b24-17+. The lowest BCUT2D eigenvalue weighted by molar-refractivity contribution is 0.0657. The molecule has 0 fully saturated rings. The number of rotatable bonds is 3. The van der Waals surface area contributed by atoms with Crippen molar-refractivity contribution in [2.24, 2.45) is 10.5 Å². The maximum atomic E-state index is 12.8. The fourth-order valence-electron chi connectivity index (χ4n) is 4.02. The molecule has 1 aromatic heterocycles. The van der Waals surface area contributed by atoms with Gasteiger partial charge in [-0.1, -0.05) is 50.2 Å². The molecule has 6 heteroatoms. The fourth-order valence-corrected chi connectivity index (χ4v) is 4.02. The minimum atomic E-state index is -1.10. The summed E-state index contributed by atoms with van der Waals surface area (Å²) in [5.74, 6) is -0.872. The van der Waals surface area contributed by atoms with Gasteiger partial charge in [-0.2, -0.15) is 5.10 Å². The molecule has 1 aliphatic rings. The molecule has 0 aliphatic heterocycles. The Kier molecular flexibility index (Phi) is 4.49. The van der Waals surface area contributed by atoms with Crippen molar-refractivity contribution in [2.45, 2.75) is 33.6 Å². The summed E-state index contributed by atoms with van der Waals surface area (Å²) in [6, 6.07) is 13.2. The quantitative estimate of drug-likeness (QED) is 0.642. The van der Waals surface area contributed by atoms with Crippen LogP contribution in [0.15, 0.2) is 52.0 Å². The van der Waals surface area contributed by atoms with E-state index in [4.69, 9.17) is 4.42 Å². The second kappa shape index (κ2) is 6.88. The Balaban J connectivity index is 1.71. The zero-order valence-corrected chi connectivity index (χ0v) is 16.6. The van der Waals surface area contributed by atoms with Gasteiger partial charge >= 0.3 is 5.97 Å². The maximum absolute atomic E-state index is 12.8. The Bertz CT molecular complexity index is 1170. The van der Waals surface area contributed by atoms with Crippen molar-refractivity contribution in [3.8, 4) is 0 Å². The summed E-state index contributed by atoms with van der Waals surface area (Å²) < 4.78 is 5.62. The number of carbonyl (C=O) groups is 2. The predicted octanol–water partition coefficient (Wildman–Crippen LogP) is 4.55. The molecule has 0 unspecified atom stereocenters. The molecule has 0 atom stereocenters. The number of carbonyl (C=O) groups excluding carboxylic acids is 1. The fraction of sp³-hybridized carbons (Fsp3) is 0.261. The van der Waals surface area contributed by atoms with Crippen LogP contribution in [-0.4, -0.2) is 22.7 Å². The van der Waals surface area contributed by atoms with Gasteiger partial charge in [0.2, 0.25) is 5.76 Å². The van der Waals surface area contributed by atoms with Gasteiger partial charge in [-0.15, -0.1) is 0 Å². The number of nitrogens with one attached hydrogen (secondary N) is 1. The van der Waals surface area contributed by atoms with Gasteiger partial charge in [-0.3, -0.25) is 4.79 Å². The van der Waals surface area contributed by atoms with Gasteiger partial charge in [0.1, 0.15) is 5.76 Å². The highest BCUT2D eigenvalue weighted by molar-refractivity contribution is 6.09. The molecule has 0 spiro atoms. The normalized spacial score (nSPS) is 16.6. The molecular formula is C23H22N2O4. The van der Waals surface area contributed by atoms with Crippen molar-refractivity contribution < 1.29 is 19.1 Å². The van der Waals surface area contributed by atoms with E-state index in [9.17, 15) is 14.7 Å². The van der Waals surface area contributed by atoms with Gasteiger partial charge in [0.25, 0.3) is 5.91 Å². The third-order valence-corrected chi connectivity index (χ3v) is 5.31. The number of hydrazone groups is 1. The van der Waals surface area contributed by atoms with Crippen molar-refractivity contribution in [1.29, 1.82) is 0 Å². The Morgan fingerprint density at radius 1 is 1.10 bits per heavy atom. The van der Waals surface area contributed by atoms with Gasteiger partial charge < -0.3 is 9.52 Å². The van der Waals surface area contributed by atoms with Gasteiger partial charge in [-0.05, 0) is 35.6 Å². The van der Waals surface area contributed by atoms with Crippen molar-refractivity contribution in [1.82, 2.24) is 5.43 Å². The van der Waals surface area contributed by atoms with Gasteiger partial charge in [-0.25, -0.2) is 10.2 Å². The van der Waals surface area contributed by atoms with E-state index in [0.717, 1.165) is 10.8 Å². The molecule has 0 saturated carbocycles. The van der Waals surface area contributed by atoms with Crippen molar-refractivity contribution in [3.63, 3.8) is 0 Å². The first kappa shape index (κ1) is 18.9. The summed E-state index contributed by atoms with van der Waals surface area (Å²) in [6.45, 7) is 5.85. The van der Waals surface area contributed by atoms with Crippen LogP contribution in [0.5, 0.6) is 0 Å². The third-order valence-electron chi connectivity index (χ3n) is 5.31. The minimum Gasteiger partial charge on any atom is -0.475 e. The number of carboxylic acids is 1. The summed E-state index contributed by atoms with van der Waals surface area (Å²) >= 11 is 0. The van der Waals surface area contributed by atoms with Crippen LogP contribution in [0.1, 0.15) is 58.1 Å². The summed E-state index contributed by atoms with van der Waals surface area (Å²) in [6.07, 6.45) is 1.22. The van der Waals surface area contributed by atoms with E-state index in [1.165, 1.54) is 0 Å². The number of hydrogen-bond donors (Lipinski definition) is 2. The van der Waals surface area contributed by atoms with Crippen LogP contribution < -0.4 is 5.43 Å². The van der Waals surface area contributed by atoms with E-state index in [1.54, 1.807) is 13.0 Å². The number of furan rings is 1. The maximum Gasteiger partial charge on any atom is 0.372 e. The van der Waals surface area contributed by atoms with E-state index < -0.39 is 5.97 Å². The van der Waals surface area contributed by atoms with E-state index in [0.29, 0.717) is 41.0 Å². The van der Waals surface area contributed by atoms with Gasteiger partial charge in [0.15, 0.2) is 0 Å². The van der Waals surface area contributed by atoms with Crippen molar-refractivity contribution in [3.05, 3.63) is 70.7 Å². The highest BCUT2D eigenvalue weighted by atomic mass is 16.4. The Hall–Kier alpha value is -3.41. The molecule has 1 amide bonds. The number of carboxylic acid groups (broad SMARTS) is 1. The Morgan fingerprint density at radius 2 is 1.83 bits per heavy atom. The largest absolute Gasteiger partial charge is 0.475 e. The van der Waals surface area contributed by atoms with Crippen molar-refractivity contribution >= 4 is 28.4 Å². The molecule has 0 bridgehead atoms. The average molecular weight is 390 g/mol. The highest BCUT2D eigenvalue weighted by Crippen LogP contribution is 2.38. The SMILES string of the molecule is Cc1c(C(=O)O)oc2c1/C(=N/NC(=O)c1cccc3ccccc13)CC(C)(C)C2. The summed E-state index contributed by atoms with van der Waals surface area (Å²) in [5, 5.41) is 15.6. The lowest BCUT2D eigenvalue weighted by atomic mass is 9.75. The van der Waals surface area contributed by atoms with Crippen LogP contribution in [-0.2, 0) is 6.42 Å². The smallest absolute Gasteiger partial charge is 0.372 e. The molecule has 2 aromatic carbocycles. The van der Waals surface area contributed by atoms with Crippen LogP contribution in [0.4, 0.5) is 0 Å². The molecule has 4 rings (SSSR count). The Morgan fingerprint density at radius 3 is 2.59 bits per heavy atom. The topological polar surface area (TPSA) is 91.9 Å². The molecule has 2 N–H and O–H groups in total. The summed E-state index contributed by atoms with van der Waals surface area (Å²) in [5.41, 5.74) is 4.92. The number of benzene rings is 2. The molecule has 6 nitrogen and oxygen atoms in total. The predicted molar refractivity (Wildman–Crippen MR) is 110 cm³/mol. The van der Waals surface area contributed by atoms with Crippen LogP contribution in [0, 0.1) is 12.3 Å². The number of aromatic carboxylic acids is 1. The van der Waals surface area contributed by atoms with Crippen LogP contribution >= 0.6 is 0 Å². The molecule has 29 heavy (non-hydrogen) atoms. The average Bonchev–Trinajstić information content (AvgIpc) is 3.00. The Labute approximate surface area is 168 Å². The number of hydrogen-bond acceptors (Lipinski definition) is 4. The highest BCUT2D eigenvalue weighted by Gasteiger charge is 2.36. The van der Waals surface area contributed by atoms with Crippen LogP contribution in [0.25, 0.3) is 10.8 Å². The van der Waals surface area contributed by atoms with E-state index in [-0.39, 0.29) is 17.1 Å². The first-order valence-electron chi connectivity index (χ1n) is 9.47. The molecule has 1 aliphatic carbocycles. The van der Waals surface area contributed by atoms with Gasteiger partial charge in [0.05, 0.1) is 5.71 Å². The number of fused-ring (bicyclic) bond motifs is 2. The first-order valence-corrected chi connectivity index (χ1v) is 9.47. The molecule has 3 aromatic rings. The molecule has 1 heterocycles. The van der Waals surface area contributed by atoms with E-state index in [1.807, 2.05) is 36.4 Å². The molecule has 0 radical (unpaired) electrons. The minimum absolute atomic E-state index is 0.0687. The number of amides is 1. The lowest BCUT2D eigenvalue weighted by Gasteiger charge is -2.29. The lowest BCUT2D eigenvalue weighted by Crippen LogP contribution is -2.29. The zero-order valence-electron chi connectivity index (χ0n) is 16.6. The van der Waals surface area contributed by atoms with Crippen LogP contribution in [0.3, 0.4) is 0 Å². The number of nitrogens with zero attached hydrogens (tertiary/aromatic N) is 1. The zero-order chi connectivity index (χ0) is 20.8. The second-order valence-corrected chi connectivity index (χ2v) is 8.20. The second-order valence-electron chi connectivity index (χ2n) is 8.20. The molecular weight excluding hydrogens is 368 g/mol. The van der Waals surface area contributed by atoms with Crippen LogP contribution in [0.2, 0.25) is 0 Å². The third kappa shape index (κ3) is 3.42. The molecule has 148 valence electrons. The monoisotopic (exact) mass is 390 g/mol.